The molecule has 0 bridgehead atoms. The van der Waals surface area contributed by atoms with Crippen molar-refractivity contribution >= 4 is 35.0 Å². The van der Waals surface area contributed by atoms with Crippen molar-refractivity contribution in [3.63, 3.8) is 0 Å². The van der Waals surface area contributed by atoms with E-state index in [1.54, 1.807) is 57.8 Å². The van der Waals surface area contributed by atoms with E-state index in [1.807, 2.05) is 32.9 Å². The lowest BCUT2D eigenvalue weighted by Crippen LogP contribution is -2.39. The van der Waals surface area contributed by atoms with E-state index in [4.69, 9.17) is 14.5 Å². The van der Waals surface area contributed by atoms with Crippen molar-refractivity contribution in [2.75, 3.05) is 31.1 Å². The molecule has 0 saturated carbocycles. The largest absolute Gasteiger partial charge is 0.444 e. The lowest BCUT2D eigenvalue weighted by molar-refractivity contribution is 0.0262. The fraction of sp³-hybridized carbons (Fsp3) is 0.469. The van der Waals surface area contributed by atoms with Gasteiger partial charge in [-0.3, -0.25) is 9.78 Å². The van der Waals surface area contributed by atoms with Crippen molar-refractivity contribution in [3.05, 3.63) is 53.2 Å². The SMILES string of the molecule is Cc1nn(C(=O)OC(C)(C)C)c(C)c1-c1cc(C(=O)c2nc3nc(N4CCCN(C(=O)OC(C)(C)C)CC4)ccc3[nH]2)ccn1. The minimum atomic E-state index is -0.674. The Morgan fingerprint density at radius 3 is 2.29 bits per heavy atom. The van der Waals surface area contributed by atoms with Gasteiger partial charge in [-0.25, -0.2) is 19.6 Å². The second-order valence-corrected chi connectivity index (χ2v) is 13.1. The van der Waals surface area contributed by atoms with Gasteiger partial charge in [-0.15, -0.1) is 0 Å². The highest BCUT2D eigenvalue weighted by Crippen LogP contribution is 2.27. The lowest BCUT2D eigenvalue weighted by Gasteiger charge is -2.26. The molecule has 13 nitrogen and oxygen atoms in total. The molecule has 5 heterocycles. The molecular weight excluding hydrogens is 576 g/mol. The van der Waals surface area contributed by atoms with Crippen molar-refractivity contribution in [1.29, 1.82) is 0 Å². The first-order valence-corrected chi connectivity index (χ1v) is 15.0. The van der Waals surface area contributed by atoms with Gasteiger partial charge < -0.3 is 24.3 Å². The molecular formula is C32H40N8O5. The minimum absolute atomic E-state index is 0.150. The van der Waals surface area contributed by atoms with Crippen LogP contribution in [0.4, 0.5) is 15.4 Å². The highest BCUT2D eigenvalue weighted by molar-refractivity contribution is 6.08. The number of nitrogens with one attached hydrogen (secondary N) is 1. The van der Waals surface area contributed by atoms with Gasteiger partial charge in [0.15, 0.2) is 11.5 Å². The molecule has 5 rings (SSSR count). The minimum Gasteiger partial charge on any atom is -0.444 e. The Morgan fingerprint density at radius 1 is 0.867 bits per heavy atom. The van der Waals surface area contributed by atoms with Crippen molar-refractivity contribution in [2.24, 2.45) is 0 Å². The third-order valence-electron chi connectivity index (χ3n) is 7.15. The number of H-pyrrole nitrogens is 1. The molecule has 13 heteroatoms. The molecule has 1 aliphatic heterocycles. The number of ether oxygens (including phenoxy) is 2. The van der Waals surface area contributed by atoms with E-state index in [9.17, 15) is 14.4 Å². The zero-order valence-electron chi connectivity index (χ0n) is 27.1. The molecule has 0 atom stereocenters. The molecule has 45 heavy (non-hydrogen) atoms. The zero-order chi connectivity index (χ0) is 32.7. The molecule has 1 saturated heterocycles. The third-order valence-corrected chi connectivity index (χ3v) is 7.15. The number of fused-ring (bicyclic) bond motifs is 1. The van der Waals surface area contributed by atoms with Gasteiger partial charge in [0.05, 0.1) is 22.6 Å². The van der Waals surface area contributed by atoms with E-state index in [-0.39, 0.29) is 17.7 Å². The summed E-state index contributed by atoms with van der Waals surface area (Å²) in [4.78, 5) is 59.5. The molecule has 1 aliphatic rings. The molecule has 0 spiro atoms. The number of aryl methyl sites for hydroxylation is 1. The summed E-state index contributed by atoms with van der Waals surface area (Å²) >= 11 is 0. The molecule has 0 aliphatic carbocycles. The average molecular weight is 617 g/mol. The van der Waals surface area contributed by atoms with Crippen molar-refractivity contribution in [3.8, 4) is 11.3 Å². The molecule has 1 amide bonds. The Labute approximate surface area is 261 Å². The number of carbonyl (C=O) groups is 3. The number of imidazole rings is 1. The Balaban J connectivity index is 1.34. The summed E-state index contributed by atoms with van der Waals surface area (Å²) in [7, 11) is 0. The Morgan fingerprint density at radius 2 is 1.58 bits per heavy atom. The van der Waals surface area contributed by atoms with Gasteiger partial charge in [-0.1, -0.05) is 0 Å². The first-order valence-electron chi connectivity index (χ1n) is 15.0. The summed E-state index contributed by atoms with van der Waals surface area (Å²) < 4.78 is 12.2. The average Bonchev–Trinajstić information content (AvgIpc) is 3.39. The van der Waals surface area contributed by atoms with Crippen molar-refractivity contribution in [1.82, 2.24) is 34.6 Å². The summed E-state index contributed by atoms with van der Waals surface area (Å²) in [5.74, 6) is 0.547. The molecule has 1 fully saturated rings. The number of amides is 1. The number of hydrogen-bond donors (Lipinski definition) is 1. The summed E-state index contributed by atoms with van der Waals surface area (Å²) in [6.07, 6.45) is 1.41. The molecule has 4 aromatic heterocycles. The second-order valence-electron chi connectivity index (χ2n) is 13.1. The van der Waals surface area contributed by atoms with E-state index in [0.717, 1.165) is 18.8 Å². The number of anilines is 1. The van der Waals surface area contributed by atoms with Crippen LogP contribution in [-0.4, -0.2) is 90.0 Å². The molecule has 4 aromatic rings. The van der Waals surface area contributed by atoms with E-state index >= 15 is 0 Å². The van der Waals surface area contributed by atoms with Crippen molar-refractivity contribution < 1.29 is 23.9 Å². The van der Waals surface area contributed by atoms with Crippen molar-refractivity contribution in [2.45, 2.75) is 73.0 Å². The van der Waals surface area contributed by atoms with E-state index < -0.39 is 17.3 Å². The van der Waals surface area contributed by atoms with Gasteiger partial charge in [0.1, 0.15) is 17.0 Å². The summed E-state index contributed by atoms with van der Waals surface area (Å²) in [5.41, 5.74) is 2.49. The Bertz CT molecular complexity index is 1760. The van der Waals surface area contributed by atoms with Gasteiger partial charge in [0, 0.05) is 43.5 Å². The highest BCUT2D eigenvalue weighted by atomic mass is 16.6. The Hall–Kier alpha value is -4.81. The monoisotopic (exact) mass is 616 g/mol. The maximum atomic E-state index is 13.6. The number of ketones is 1. The van der Waals surface area contributed by atoms with Gasteiger partial charge >= 0.3 is 12.2 Å². The maximum Gasteiger partial charge on any atom is 0.435 e. The highest BCUT2D eigenvalue weighted by Gasteiger charge is 2.27. The first-order chi connectivity index (χ1) is 21.1. The zero-order valence-corrected chi connectivity index (χ0v) is 27.1. The van der Waals surface area contributed by atoms with Crippen LogP contribution >= 0.6 is 0 Å². The quantitative estimate of drug-likeness (QED) is 0.300. The molecule has 1 N–H and O–H groups in total. The van der Waals surface area contributed by atoms with Crippen LogP contribution in [0.15, 0.2) is 30.5 Å². The number of rotatable bonds is 4. The number of pyridine rings is 2. The molecule has 0 aromatic carbocycles. The van der Waals surface area contributed by atoms with E-state index in [1.165, 1.54) is 4.68 Å². The van der Waals surface area contributed by atoms with Crippen LogP contribution < -0.4 is 4.90 Å². The summed E-state index contributed by atoms with van der Waals surface area (Å²) in [6.45, 7) is 16.9. The normalized spacial score (nSPS) is 14.4. The smallest absolute Gasteiger partial charge is 0.435 e. The summed E-state index contributed by atoms with van der Waals surface area (Å²) in [5, 5.41) is 4.37. The van der Waals surface area contributed by atoms with Gasteiger partial charge in [-0.05, 0) is 86.1 Å². The Kier molecular flexibility index (Phi) is 8.39. The van der Waals surface area contributed by atoms with Crippen LogP contribution in [0, 0.1) is 13.8 Å². The molecule has 238 valence electrons. The van der Waals surface area contributed by atoms with Crippen LogP contribution in [0.1, 0.15) is 75.5 Å². The number of aromatic nitrogens is 6. The molecule has 0 radical (unpaired) electrons. The second kappa shape index (κ2) is 11.9. The molecule has 0 unspecified atom stereocenters. The number of nitrogens with zero attached hydrogens (tertiary/aromatic N) is 7. The van der Waals surface area contributed by atoms with Crippen LogP contribution in [0.5, 0.6) is 0 Å². The van der Waals surface area contributed by atoms with E-state index in [0.29, 0.717) is 59.0 Å². The fourth-order valence-electron chi connectivity index (χ4n) is 5.16. The maximum absolute atomic E-state index is 13.6. The predicted octanol–water partition coefficient (Wildman–Crippen LogP) is 5.29. The third kappa shape index (κ3) is 7.13. The number of aromatic amines is 1. The van der Waals surface area contributed by atoms with Crippen LogP contribution in [-0.2, 0) is 9.47 Å². The predicted molar refractivity (Wildman–Crippen MR) is 169 cm³/mol. The standard InChI is InChI=1S/C32H40N8O5/c1-19-25(20(2)40(37-19)30(43)45-32(6,7)8)23-18-21(12-13-33-23)26(41)28-34-22-10-11-24(35-27(22)36-28)38-14-9-15-39(17-16-38)29(42)44-31(3,4)5/h10-13,18H,9,14-17H2,1-8H3,(H,34,35,36). The first kappa shape index (κ1) is 31.6. The fourth-order valence-corrected chi connectivity index (χ4v) is 5.16. The van der Waals surface area contributed by atoms with Gasteiger partial charge in [0.25, 0.3) is 0 Å². The number of hydrogen-bond acceptors (Lipinski definition) is 10. The van der Waals surface area contributed by atoms with Crippen LogP contribution in [0.2, 0.25) is 0 Å². The van der Waals surface area contributed by atoms with Crippen LogP contribution in [0.25, 0.3) is 22.4 Å². The van der Waals surface area contributed by atoms with E-state index in [2.05, 4.69) is 25.0 Å². The topological polar surface area (TPSA) is 148 Å². The van der Waals surface area contributed by atoms with Crippen LogP contribution in [0.3, 0.4) is 0 Å². The van der Waals surface area contributed by atoms with Gasteiger partial charge in [0.2, 0.25) is 5.78 Å². The summed E-state index contributed by atoms with van der Waals surface area (Å²) in [6, 6.07) is 7.02. The lowest BCUT2D eigenvalue weighted by atomic mass is 10.1. The van der Waals surface area contributed by atoms with Gasteiger partial charge in [-0.2, -0.15) is 9.78 Å². The number of carbonyl (C=O) groups excluding carboxylic acids is 3.